The van der Waals surface area contributed by atoms with Gasteiger partial charge in [-0.25, -0.2) is 0 Å². The summed E-state index contributed by atoms with van der Waals surface area (Å²) in [5, 5.41) is 0. The van der Waals surface area contributed by atoms with E-state index in [9.17, 15) is 33.6 Å². The molecule has 394 valence electrons. The first-order chi connectivity index (χ1) is 34.1. The summed E-state index contributed by atoms with van der Waals surface area (Å²) in [5.41, 5.74) is 0. The highest BCUT2D eigenvalue weighted by atomic mass is 16.7. The second-order valence-electron chi connectivity index (χ2n) is 22.3. The van der Waals surface area contributed by atoms with Crippen molar-refractivity contribution in [3.8, 4) is 0 Å². The van der Waals surface area contributed by atoms with E-state index in [0.717, 1.165) is 135 Å². The molecule has 0 radical (unpaired) electrons. The molecule has 0 amide bonds. The minimum absolute atomic E-state index is 0.363. The molecular formula is C56H86O14. The molecule has 7 aliphatic carbocycles. The van der Waals surface area contributed by atoms with Crippen molar-refractivity contribution in [3.63, 3.8) is 0 Å². The Morgan fingerprint density at radius 1 is 0.243 bits per heavy atom. The van der Waals surface area contributed by atoms with Gasteiger partial charge in [0.25, 0.3) is 0 Å². The van der Waals surface area contributed by atoms with Crippen molar-refractivity contribution in [2.75, 3.05) is 13.2 Å². The predicted molar refractivity (Wildman–Crippen MR) is 257 cm³/mol. The molecule has 7 rings (SSSR count). The van der Waals surface area contributed by atoms with Crippen LogP contribution in [0.3, 0.4) is 0 Å². The Labute approximate surface area is 417 Å². The van der Waals surface area contributed by atoms with Gasteiger partial charge < -0.3 is 33.2 Å². The van der Waals surface area contributed by atoms with Crippen LogP contribution in [0.1, 0.15) is 225 Å². The second-order valence-corrected chi connectivity index (χ2v) is 22.3. The van der Waals surface area contributed by atoms with Gasteiger partial charge in [-0.15, -0.1) is 0 Å². The molecule has 14 heteroatoms. The molecule has 7 aliphatic rings. The van der Waals surface area contributed by atoms with E-state index in [1.165, 1.54) is 0 Å². The number of rotatable bonds is 20. The molecule has 7 fully saturated rings. The Morgan fingerprint density at radius 2 is 0.429 bits per heavy atom. The van der Waals surface area contributed by atoms with Gasteiger partial charge >= 0.3 is 41.8 Å². The zero-order chi connectivity index (χ0) is 49.1. The molecule has 70 heavy (non-hydrogen) atoms. The second kappa shape index (κ2) is 28.5. The molecule has 4 atom stereocenters. The van der Waals surface area contributed by atoms with Crippen molar-refractivity contribution in [3.05, 3.63) is 0 Å². The summed E-state index contributed by atoms with van der Waals surface area (Å²) in [5.74, 6) is -7.07. The molecule has 0 spiro atoms. The highest BCUT2D eigenvalue weighted by molar-refractivity contribution is 5.77. The molecule has 14 nitrogen and oxygen atoms in total. The Kier molecular flexibility index (Phi) is 22.0. The summed E-state index contributed by atoms with van der Waals surface area (Å²) < 4.78 is 45.1. The largest absolute Gasteiger partial charge is 0.461 e. The maximum absolute atomic E-state index is 14.8. The SMILES string of the molecule is O=C(OCC(OC(=O)C1CCCCC1)C(OC(=O)C1CCCCC1)C(OC(=O)C1CCCCC1)C(OC(=O)C1CCCCC1)C(COC(=O)C1CCCCC1)OC(=O)C1CCCCC1)C1CCCCC1. The van der Waals surface area contributed by atoms with Crippen LogP contribution >= 0.6 is 0 Å². The van der Waals surface area contributed by atoms with E-state index < -0.39 is 115 Å². The molecule has 0 aromatic rings. The van der Waals surface area contributed by atoms with Crippen molar-refractivity contribution in [2.24, 2.45) is 41.4 Å². The normalized spacial score (nSPS) is 24.4. The zero-order valence-electron chi connectivity index (χ0n) is 42.3. The van der Waals surface area contributed by atoms with E-state index in [0.29, 0.717) is 89.9 Å². The minimum atomic E-state index is -1.75. The van der Waals surface area contributed by atoms with Crippen molar-refractivity contribution in [1.29, 1.82) is 0 Å². The van der Waals surface area contributed by atoms with Crippen molar-refractivity contribution in [1.82, 2.24) is 0 Å². The lowest BCUT2D eigenvalue weighted by molar-refractivity contribution is -0.225. The lowest BCUT2D eigenvalue weighted by atomic mass is 9.88. The fourth-order valence-corrected chi connectivity index (χ4v) is 12.5. The van der Waals surface area contributed by atoms with Gasteiger partial charge in [0.2, 0.25) is 0 Å². The lowest BCUT2D eigenvalue weighted by Gasteiger charge is -2.40. The molecule has 0 bridgehead atoms. The molecule has 7 saturated carbocycles. The van der Waals surface area contributed by atoms with Gasteiger partial charge in [-0.1, -0.05) is 135 Å². The number of esters is 7. The van der Waals surface area contributed by atoms with Crippen molar-refractivity contribution >= 4 is 41.8 Å². The molecule has 0 N–H and O–H groups in total. The van der Waals surface area contributed by atoms with Crippen LogP contribution in [0.2, 0.25) is 0 Å². The maximum Gasteiger partial charge on any atom is 0.309 e. The molecule has 0 aromatic heterocycles. The van der Waals surface area contributed by atoms with E-state index >= 15 is 0 Å². The van der Waals surface area contributed by atoms with E-state index in [-0.39, 0.29) is 11.8 Å². The topological polar surface area (TPSA) is 184 Å². The fraction of sp³-hybridized carbons (Fsp3) is 0.875. The van der Waals surface area contributed by atoms with Gasteiger partial charge in [0.1, 0.15) is 13.2 Å². The van der Waals surface area contributed by atoms with Crippen molar-refractivity contribution in [2.45, 2.75) is 255 Å². The summed E-state index contributed by atoms with van der Waals surface area (Å²) in [7, 11) is 0. The van der Waals surface area contributed by atoms with Crippen LogP contribution in [-0.2, 0) is 66.7 Å². The van der Waals surface area contributed by atoms with Gasteiger partial charge in [0.15, 0.2) is 30.5 Å². The van der Waals surface area contributed by atoms with Gasteiger partial charge in [-0.3, -0.25) is 33.6 Å². The van der Waals surface area contributed by atoms with Crippen LogP contribution in [0.5, 0.6) is 0 Å². The van der Waals surface area contributed by atoms with Crippen LogP contribution in [0.25, 0.3) is 0 Å². The van der Waals surface area contributed by atoms with Gasteiger partial charge in [-0.05, 0) is 89.9 Å². The predicted octanol–water partition coefficient (Wildman–Crippen LogP) is 10.7. The zero-order valence-corrected chi connectivity index (χ0v) is 42.3. The quantitative estimate of drug-likeness (QED) is 0.0829. The van der Waals surface area contributed by atoms with Crippen LogP contribution in [0, 0.1) is 41.4 Å². The van der Waals surface area contributed by atoms with E-state index in [1.807, 2.05) is 0 Å². The number of carbonyl (C=O) groups excluding carboxylic acids is 7. The first-order valence-corrected chi connectivity index (χ1v) is 28.5. The molecule has 0 saturated heterocycles. The van der Waals surface area contributed by atoms with Crippen LogP contribution in [0.15, 0.2) is 0 Å². The smallest absolute Gasteiger partial charge is 0.309 e. The average molecular weight is 983 g/mol. The van der Waals surface area contributed by atoms with E-state index in [2.05, 4.69) is 0 Å². The molecule has 4 unspecified atom stereocenters. The third kappa shape index (κ3) is 16.1. The van der Waals surface area contributed by atoms with Gasteiger partial charge in [0, 0.05) is 0 Å². The molecule has 0 aliphatic heterocycles. The molecular weight excluding hydrogens is 897 g/mol. The molecule has 0 aromatic carbocycles. The van der Waals surface area contributed by atoms with Crippen LogP contribution < -0.4 is 0 Å². The average Bonchev–Trinajstić information content (AvgIpc) is 3.42. The summed E-state index contributed by atoms with van der Waals surface area (Å²) >= 11 is 0. The Morgan fingerprint density at radius 3 is 0.657 bits per heavy atom. The highest BCUT2D eigenvalue weighted by Crippen LogP contribution is 2.36. The summed E-state index contributed by atoms with van der Waals surface area (Å²) in [6, 6.07) is 0. The maximum atomic E-state index is 14.8. The number of carbonyl (C=O) groups is 7. The summed E-state index contributed by atoms with van der Waals surface area (Å²) in [4.78, 5) is 101. The Bertz CT molecular complexity index is 1570. The van der Waals surface area contributed by atoms with Gasteiger partial charge in [0.05, 0.1) is 41.4 Å². The van der Waals surface area contributed by atoms with Crippen LogP contribution in [0.4, 0.5) is 0 Å². The third-order valence-corrected chi connectivity index (χ3v) is 17.0. The van der Waals surface area contributed by atoms with E-state index in [4.69, 9.17) is 33.2 Å². The Hall–Kier alpha value is -3.71. The van der Waals surface area contributed by atoms with Crippen molar-refractivity contribution < 1.29 is 66.7 Å². The number of hydrogen-bond acceptors (Lipinski definition) is 14. The first kappa shape index (κ1) is 54.1. The molecule has 0 heterocycles. The summed E-state index contributed by atoms with van der Waals surface area (Å²) in [6.45, 7) is -1.05. The fourth-order valence-electron chi connectivity index (χ4n) is 12.5. The van der Waals surface area contributed by atoms with Crippen LogP contribution in [-0.4, -0.2) is 85.5 Å². The Balaban J connectivity index is 1.34. The highest BCUT2D eigenvalue weighted by Gasteiger charge is 2.52. The number of ether oxygens (including phenoxy) is 7. The van der Waals surface area contributed by atoms with E-state index in [1.54, 1.807) is 0 Å². The standard InChI is InChI=1S/C56H86O14/c57-50(38-22-8-1-9-23-38)64-36-45(66-52(59)40-26-12-3-13-27-40)47(68-54(61)42-30-16-5-17-31-42)49(70-56(63)44-34-20-7-21-35-44)48(69-55(62)43-32-18-6-19-33-43)46(67-53(60)41-28-14-4-15-29-41)37-65-51(58)39-24-10-2-11-25-39/h38-49H,1-37H2. The monoisotopic (exact) mass is 983 g/mol. The minimum Gasteiger partial charge on any atom is -0.461 e. The first-order valence-electron chi connectivity index (χ1n) is 28.5. The lowest BCUT2D eigenvalue weighted by Crippen LogP contribution is -2.59. The number of hydrogen-bond donors (Lipinski definition) is 0. The van der Waals surface area contributed by atoms with Gasteiger partial charge in [-0.2, -0.15) is 0 Å². The third-order valence-electron chi connectivity index (χ3n) is 17.0. The summed E-state index contributed by atoms with van der Waals surface area (Å²) in [6.07, 6.45) is 18.6.